The smallest absolute Gasteiger partial charge is 0.0116 e. The standard InChI is InChI=1S/O4P/c1-5-3-2-4-5/q+1. The van der Waals surface area contributed by atoms with Crippen LogP contribution in [0.25, 0.3) is 0 Å². The molecule has 28 valence electrons. The molecule has 0 saturated heterocycles. The SMILES string of the molecule is O=[p+]1ooo1. The first kappa shape index (κ1) is 2.72. The van der Waals surface area contributed by atoms with Crippen LogP contribution in [0.4, 0.5) is 0 Å². The van der Waals surface area contributed by atoms with Crippen LogP contribution in [0.2, 0.25) is 0 Å². The lowest BCUT2D eigenvalue weighted by molar-refractivity contribution is -0.181. The molecule has 1 aromatic heterocycles. The Morgan fingerprint density at radius 2 is 1.80 bits per heavy atom. The average molecular weight is 95.0 g/mol. The van der Waals surface area contributed by atoms with Gasteiger partial charge in [0.05, 0.1) is 0 Å². The van der Waals surface area contributed by atoms with Crippen molar-refractivity contribution in [3.8, 4) is 0 Å². The first-order valence-electron chi connectivity index (χ1n) is 0.881. The summed E-state index contributed by atoms with van der Waals surface area (Å²) in [4.78, 5) is 0. The molecule has 0 atom stereocenters. The maximum Gasteiger partial charge on any atom is 0.889 e. The highest BCUT2D eigenvalue weighted by molar-refractivity contribution is 7.22. The van der Waals surface area contributed by atoms with Crippen LogP contribution >= 0.6 is 7.89 Å². The molecule has 0 aromatic carbocycles. The molecule has 0 aliphatic heterocycles. The molecule has 5 heteroatoms. The monoisotopic (exact) mass is 95.0 g/mol. The van der Waals surface area contributed by atoms with Crippen LogP contribution in [0.15, 0.2) is 13.4 Å². The zero-order valence-corrected chi connectivity index (χ0v) is 2.97. The minimum Gasteiger partial charge on any atom is 0.0116 e. The Bertz CT molecular complexity index is 118. The third kappa shape index (κ3) is 0.260. The van der Waals surface area contributed by atoms with Gasteiger partial charge < -0.3 is 0 Å². The fourth-order valence-electron chi connectivity index (χ4n) is 0.0553. The first-order valence-corrected chi connectivity index (χ1v) is 1.98. The van der Waals surface area contributed by atoms with Gasteiger partial charge in [-0.15, -0.1) is 0 Å². The van der Waals surface area contributed by atoms with Crippen molar-refractivity contribution < 1.29 is 18.0 Å². The largest absolute Gasteiger partial charge is 0.889 e. The highest BCUT2D eigenvalue weighted by atomic mass is 31.1. The van der Waals surface area contributed by atoms with Gasteiger partial charge in [-0.25, -0.2) is 0 Å². The van der Waals surface area contributed by atoms with Gasteiger partial charge in [0, 0.05) is 18.0 Å². The van der Waals surface area contributed by atoms with E-state index < -0.39 is 7.89 Å². The molecule has 0 fully saturated rings. The van der Waals surface area contributed by atoms with E-state index in [1.807, 2.05) is 0 Å². The fourth-order valence-corrected chi connectivity index (χ4v) is 0.166. The topological polar surface area (TPSA) is 56.5 Å². The van der Waals surface area contributed by atoms with Gasteiger partial charge in [-0.3, -0.25) is 0 Å². The molecule has 0 N–H and O–H groups in total. The molecular weight excluding hydrogens is 95.0 g/mol. The summed E-state index contributed by atoms with van der Waals surface area (Å²) >= 11 is 0. The number of rotatable bonds is 0. The summed E-state index contributed by atoms with van der Waals surface area (Å²) in [5, 5.41) is 0. The third-order valence-electron chi connectivity index (χ3n) is 0.183. The maximum absolute atomic E-state index is 9.48. The molecule has 0 bridgehead atoms. The molecule has 1 rings (SSSR count). The van der Waals surface area contributed by atoms with E-state index in [4.69, 9.17) is 0 Å². The Balaban J connectivity index is 3.29. The summed E-state index contributed by atoms with van der Waals surface area (Å²) in [6.45, 7) is 0. The van der Waals surface area contributed by atoms with Crippen molar-refractivity contribution in [2.24, 2.45) is 0 Å². The Hall–Kier alpha value is -0.500. The van der Waals surface area contributed by atoms with Crippen LogP contribution in [0, 0.1) is 0 Å². The van der Waals surface area contributed by atoms with Gasteiger partial charge in [0.1, 0.15) is 0 Å². The van der Waals surface area contributed by atoms with Gasteiger partial charge in [-0.2, -0.15) is 0 Å². The zero-order valence-electron chi connectivity index (χ0n) is 2.08. The normalized spacial score (nSPS) is 8.80. The van der Waals surface area contributed by atoms with E-state index >= 15 is 0 Å². The van der Waals surface area contributed by atoms with Crippen molar-refractivity contribution in [2.45, 2.75) is 0 Å². The minimum atomic E-state index is -1.89. The molecule has 0 saturated carbocycles. The molecule has 1 heterocycles. The van der Waals surface area contributed by atoms with E-state index in [0.717, 1.165) is 0 Å². The third-order valence-corrected chi connectivity index (χ3v) is 0.548. The fraction of sp³-hybridized carbons (Fsp3) is 0. The zero-order chi connectivity index (χ0) is 3.70. The molecule has 0 aliphatic rings. The van der Waals surface area contributed by atoms with E-state index in [1.165, 1.54) is 0 Å². The van der Waals surface area contributed by atoms with Gasteiger partial charge >= 0.3 is 7.89 Å². The number of hydrogen-bond donors (Lipinski definition) is 0. The van der Waals surface area contributed by atoms with Gasteiger partial charge in [0.25, 0.3) is 0 Å². The van der Waals surface area contributed by atoms with E-state index in [1.54, 1.807) is 0 Å². The lowest BCUT2D eigenvalue weighted by Crippen LogP contribution is -1.41. The second-order valence-corrected chi connectivity index (χ2v) is 1.19. The van der Waals surface area contributed by atoms with E-state index in [2.05, 4.69) is 13.4 Å². The van der Waals surface area contributed by atoms with E-state index in [-0.39, 0.29) is 0 Å². The van der Waals surface area contributed by atoms with Crippen molar-refractivity contribution in [3.05, 3.63) is 0 Å². The van der Waals surface area contributed by atoms with Crippen molar-refractivity contribution in [1.29, 1.82) is 0 Å². The molecule has 1 aromatic rings. The van der Waals surface area contributed by atoms with Crippen LogP contribution in [-0.2, 0) is 4.57 Å². The number of hydrogen-bond acceptors (Lipinski definition) is 4. The summed E-state index contributed by atoms with van der Waals surface area (Å²) in [6.07, 6.45) is 0. The lowest BCUT2D eigenvalue weighted by Gasteiger charge is -1.50. The van der Waals surface area contributed by atoms with Gasteiger partial charge in [0.15, 0.2) is 0 Å². The second-order valence-electron chi connectivity index (χ2n) is 0.441. The molecule has 0 spiro atoms. The van der Waals surface area contributed by atoms with Crippen molar-refractivity contribution >= 4 is 7.89 Å². The molecule has 5 heavy (non-hydrogen) atoms. The Morgan fingerprint density at radius 1 is 1.40 bits per heavy atom. The predicted octanol–water partition coefficient (Wildman–Crippen LogP) is 1.21. The Kier molecular flexibility index (Phi) is 0.394. The van der Waals surface area contributed by atoms with Crippen molar-refractivity contribution in [1.82, 2.24) is 0 Å². The molecule has 0 radical (unpaired) electrons. The van der Waals surface area contributed by atoms with Gasteiger partial charge in [-0.05, 0) is 0 Å². The van der Waals surface area contributed by atoms with E-state index in [0.29, 0.717) is 0 Å². The maximum atomic E-state index is 9.48. The van der Waals surface area contributed by atoms with Crippen LogP contribution in [0.3, 0.4) is 0 Å². The molecule has 0 aliphatic carbocycles. The first-order chi connectivity index (χ1) is 2.39. The minimum absolute atomic E-state index is 1.89. The lowest BCUT2D eigenvalue weighted by atomic mass is 14.8. The molecule has 0 amide bonds. The quantitative estimate of drug-likeness (QED) is 0.454. The Morgan fingerprint density at radius 3 is 1.80 bits per heavy atom. The second kappa shape index (κ2) is 0.723. The van der Waals surface area contributed by atoms with Gasteiger partial charge in [-0.1, -0.05) is 0 Å². The van der Waals surface area contributed by atoms with Crippen molar-refractivity contribution in [2.75, 3.05) is 0 Å². The van der Waals surface area contributed by atoms with Crippen molar-refractivity contribution in [3.63, 3.8) is 0 Å². The Labute approximate surface area is 27.1 Å². The predicted molar refractivity (Wildman–Crippen MR) is 10.8 cm³/mol. The van der Waals surface area contributed by atoms with E-state index in [9.17, 15) is 4.57 Å². The summed E-state index contributed by atoms with van der Waals surface area (Å²) in [6, 6.07) is 0. The average Bonchev–Trinajstić information content (AvgIpc) is 1.30. The van der Waals surface area contributed by atoms with Crippen LogP contribution in [0.1, 0.15) is 0 Å². The summed E-state index contributed by atoms with van der Waals surface area (Å²) in [5.41, 5.74) is 0. The summed E-state index contributed by atoms with van der Waals surface area (Å²) in [7, 11) is -1.89. The highest BCUT2D eigenvalue weighted by Gasteiger charge is 2.08. The van der Waals surface area contributed by atoms with Gasteiger partial charge in [0.2, 0.25) is 0 Å². The summed E-state index contributed by atoms with van der Waals surface area (Å²) in [5.74, 6) is 0. The van der Waals surface area contributed by atoms with Crippen LogP contribution < -0.4 is 0 Å². The molecular formula is O4P+. The highest BCUT2D eigenvalue weighted by Crippen LogP contribution is 2.12. The van der Waals surface area contributed by atoms with Crippen LogP contribution in [0.5, 0.6) is 0 Å². The summed E-state index contributed by atoms with van der Waals surface area (Å²) < 4.78 is 20.5. The van der Waals surface area contributed by atoms with Crippen LogP contribution in [-0.4, -0.2) is 0 Å². The molecule has 0 unspecified atom stereocenters. The molecule has 4 nitrogen and oxygen atoms in total.